The van der Waals surface area contributed by atoms with Crippen molar-refractivity contribution in [1.29, 1.82) is 0 Å². The van der Waals surface area contributed by atoms with E-state index in [-0.39, 0.29) is 5.91 Å². The fourth-order valence-electron chi connectivity index (χ4n) is 3.44. The highest BCUT2D eigenvalue weighted by Gasteiger charge is 2.27. The second-order valence-corrected chi connectivity index (χ2v) is 8.18. The summed E-state index contributed by atoms with van der Waals surface area (Å²) in [6.07, 6.45) is 3.67. The quantitative estimate of drug-likeness (QED) is 0.658. The Bertz CT molecular complexity index is 862. The van der Waals surface area contributed by atoms with Gasteiger partial charge < -0.3 is 20.5 Å². The van der Waals surface area contributed by atoms with Gasteiger partial charge in [0.1, 0.15) is 5.00 Å². The highest BCUT2D eigenvalue weighted by atomic mass is 32.1. The van der Waals surface area contributed by atoms with Gasteiger partial charge in [-0.3, -0.25) is 9.59 Å². The van der Waals surface area contributed by atoms with Crippen molar-refractivity contribution in [2.45, 2.75) is 39.0 Å². The predicted octanol–water partition coefficient (Wildman–Crippen LogP) is 3.78. The Balaban J connectivity index is 1.56. The third-order valence-electron chi connectivity index (χ3n) is 4.89. The van der Waals surface area contributed by atoms with Gasteiger partial charge in [0.05, 0.1) is 19.3 Å². The van der Waals surface area contributed by atoms with Gasteiger partial charge in [-0.2, -0.15) is 0 Å². The summed E-state index contributed by atoms with van der Waals surface area (Å²) in [6, 6.07) is 7.40. The summed E-state index contributed by atoms with van der Waals surface area (Å²) in [5, 5.41) is 3.47. The molecule has 150 valence electrons. The minimum atomic E-state index is -0.471. The highest BCUT2D eigenvalue weighted by Crippen LogP contribution is 2.39. The van der Waals surface area contributed by atoms with Gasteiger partial charge in [-0.25, -0.2) is 0 Å². The summed E-state index contributed by atoms with van der Waals surface area (Å²) < 4.78 is 10.9. The zero-order valence-electron chi connectivity index (χ0n) is 16.2. The molecule has 0 spiro atoms. The summed E-state index contributed by atoms with van der Waals surface area (Å²) in [5.41, 5.74) is 7.10. The molecule has 2 aromatic rings. The van der Waals surface area contributed by atoms with Gasteiger partial charge in [0.15, 0.2) is 11.5 Å². The number of benzene rings is 1. The lowest BCUT2D eigenvalue weighted by molar-refractivity contribution is -0.116. The highest BCUT2D eigenvalue weighted by molar-refractivity contribution is 7.17. The summed E-state index contributed by atoms with van der Waals surface area (Å²) in [5.74, 6) is 1.29. The van der Waals surface area contributed by atoms with Gasteiger partial charge >= 0.3 is 0 Å². The number of anilines is 1. The molecule has 1 aliphatic carbocycles. The van der Waals surface area contributed by atoms with Gasteiger partial charge in [0, 0.05) is 11.3 Å². The fourth-order valence-corrected chi connectivity index (χ4v) is 4.87. The molecule has 1 heterocycles. The molecule has 0 saturated heterocycles. The van der Waals surface area contributed by atoms with Crippen molar-refractivity contribution < 1.29 is 19.1 Å². The minimum Gasteiger partial charge on any atom is -0.493 e. The van der Waals surface area contributed by atoms with E-state index < -0.39 is 5.91 Å². The smallest absolute Gasteiger partial charge is 0.251 e. The maximum absolute atomic E-state index is 12.4. The van der Waals surface area contributed by atoms with Crippen LogP contribution in [-0.4, -0.2) is 25.5 Å². The summed E-state index contributed by atoms with van der Waals surface area (Å²) in [6.45, 7) is 2.60. The first-order chi connectivity index (χ1) is 13.5. The fraction of sp³-hybridized carbons (Fsp3) is 0.429. The van der Waals surface area contributed by atoms with E-state index >= 15 is 0 Å². The van der Waals surface area contributed by atoms with Gasteiger partial charge in [0.2, 0.25) is 5.91 Å². The van der Waals surface area contributed by atoms with E-state index in [9.17, 15) is 9.59 Å². The van der Waals surface area contributed by atoms with E-state index in [4.69, 9.17) is 15.2 Å². The third-order valence-corrected chi connectivity index (χ3v) is 6.06. The van der Waals surface area contributed by atoms with E-state index in [1.165, 1.54) is 16.2 Å². The first-order valence-corrected chi connectivity index (χ1v) is 10.3. The van der Waals surface area contributed by atoms with Gasteiger partial charge in [0.25, 0.3) is 5.91 Å². The van der Waals surface area contributed by atoms with Crippen molar-refractivity contribution in [2.75, 3.05) is 19.0 Å². The number of hydrogen-bond donors (Lipinski definition) is 2. The molecule has 3 rings (SSSR count). The van der Waals surface area contributed by atoms with Crippen LogP contribution in [0.3, 0.4) is 0 Å². The number of thiophene rings is 1. The van der Waals surface area contributed by atoms with Crippen LogP contribution in [0.25, 0.3) is 0 Å². The molecule has 0 unspecified atom stereocenters. The number of primary amides is 1. The molecule has 28 heavy (non-hydrogen) atoms. The van der Waals surface area contributed by atoms with E-state index in [0.717, 1.165) is 24.8 Å². The monoisotopic (exact) mass is 402 g/mol. The number of nitrogens with one attached hydrogen (secondary N) is 1. The van der Waals surface area contributed by atoms with E-state index in [1.54, 1.807) is 7.11 Å². The summed E-state index contributed by atoms with van der Waals surface area (Å²) in [4.78, 5) is 25.5. The number of carbonyl (C=O) groups excluding carboxylic acids is 2. The van der Waals surface area contributed by atoms with Gasteiger partial charge in [-0.05, 0) is 49.3 Å². The van der Waals surface area contributed by atoms with Crippen molar-refractivity contribution in [3.8, 4) is 11.5 Å². The van der Waals surface area contributed by atoms with E-state index in [2.05, 4.69) is 12.2 Å². The van der Waals surface area contributed by atoms with E-state index in [1.807, 2.05) is 24.3 Å². The number of carbonyl (C=O) groups is 2. The number of amides is 2. The Kier molecular flexibility index (Phi) is 6.57. The number of hydrogen-bond acceptors (Lipinski definition) is 5. The lowest BCUT2D eigenvalue weighted by atomic mass is 9.88. The summed E-state index contributed by atoms with van der Waals surface area (Å²) >= 11 is 1.48. The lowest BCUT2D eigenvalue weighted by Gasteiger charge is -2.18. The normalized spacial score (nSPS) is 15.6. The average molecular weight is 403 g/mol. The van der Waals surface area contributed by atoms with Crippen molar-refractivity contribution >= 4 is 28.2 Å². The van der Waals surface area contributed by atoms with Gasteiger partial charge in [-0.15, -0.1) is 11.3 Å². The van der Waals surface area contributed by atoms with Crippen LogP contribution in [0.5, 0.6) is 11.5 Å². The molecule has 0 bridgehead atoms. The number of para-hydroxylation sites is 2. The van der Waals surface area contributed by atoms with Crippen LogP contribution in [-0.2, 0) is 17.6 Å². The number of ether oxygens (including phenoxy) is 2. The average Bonchev–Trinajstić information content (AvgIpc) is 3.02. The first kappa shape index (κ1) is 20.2. The second-order valence-electron chi connectivity index (χ2n) is 7.07. The minimum absolute atomic E-state index is 0.141. The maximum atomic E-state index is 12.4. The topological polar surface area (TPSA) is 90.7 Å². The second kappa shape index (κ2) is 9.10. The molecule has 2 amide bonds. The summed E-state index contributed by atoms with van der Waals surface area (Å²) in [7, 11) is 1.59. The first-order valence-electron chi connectivity index (χ1n) is 9.49. The Hall–Kier alpha value is -2.54. The molecule has 6 nitrogen and oxygen atoms in total. The number of fused-ring (bicyclic) bond motifs is 1. The maximum Gasteiger partial charge on any atom is 0.251 e. The standard InChI is InChI=1S/C21H26N2O4S/c1-13-9-10-14-17(12-13)28-21(19(14)20(22)25)23-18(24)8-5-11-27-16-7-4-3-6-15(16)26-2/h3-4,6-7,13H,5,8-12H2,1-2H3,(H2,22,25)(H,23,24)/t13-/m1/s1. The van der Waals surface area contributed by atoms with Crippen LogP contribution >= 0.6 is 11.3 Å². The molecule has 0 aliphatic heterocycles. The molecule has 3 N–H and O–H groups in total. The Morgan fingerprint density at radius 3 is 2.75 bits per heavy atom. The number of methoxy groups -OCH3 is 1. The SMILES string of the molecule is COc1ccccc1OCCCC(=O)Nc1sc2c(c1C(N)=O)CC[C@@H](C)C2. The molecule has 0 fully saturated rings. The number of rotatable bonds is 8. The van der Waals surface area contributed by atoms with Crippen LogP contribution in [0.15, 0.2) is 24.3 Å². The van der Waals surface area contributed by atoms with Crippen molar-refractivity contribution in [1.82, 2.24) is 0 Å². The third kappa shape index (κ3) is 4.65. The zero-order valence-corrected chi connectivity index (χ0v) is 17.1. The van der Waals surface area contributed by atoms with Crippen molar-refractivity contribution in [3.63, 3.8) is 0 Å². The largest absolute Gasteiger partial charge is 0.493 e. The molecular formula is C21H26N2O4S. The van der Waals surface area contributed by atoms with Crippen LogP contribution in [0.4, 0.5) is 5.00 Å². The Labute approximate surface area is 169 Å². The molecule has 0 radical (unpaired) electrons. The Morgan fingerprint density at radius 2 is 2.04 bits per heavy atom. The molecule has 1 aromatic heterocycles. The molecule has 7 heteroatoms. The molecule has 0 saturated carbocycles. The molecule has 1 aliphatic rings. The van der Waals surface area contributed by atoms with Crippen LogP contribution < -0.4 is 20.5 Å². The van der Waals surface area contributed by atoms with Crippen molar-refractivity contribution in [3.05, 3.63) is 40.3 Å². The lowest BCUT2D eigenvalue weighted by Crippen LogP contribution is -2.19. The molecule has 1 atom stereocenters. The van der Waals surface area contributed by atoms with Crippen LogP contribution in [0.1, 0.15) is 47.0 Å². The number of nitrogens with two attached hydrogens (primary N) is 1. The van der Waals surface area contributed by atoms with Gasteiger partial charge in [-0.1, -0.05) is 19.1 Å². The molecule has 1 aromatic carbocycles. The van der Waals surface area contributed by atoms with Crippen LogP contribution in [0, 0.1) is 5.92 Å². The van der Waals surface area contributed by atoms with Crippen LogP contribution in [0.2, 0.25) is 0 Å². The van der Waals surface area contributed by atoms with E-state index in [0.29, 0.717) is 47.4 Å². The van der Waals surface area contributed by atoms with Crippen molar-refractivity contribution in [2.24, 2.45) is 11.7 Å². The molecular weight excluding hydrogens is 376 g/mol. The Morgan fingerprint density at radius 1 is 1.29 bits per heavy atom. The predicted molar refractivity (Wildman–Crippen MR) is 110 cm³/mol. The zero-order chi connectivity index (χ0) is 20.1.